The van der Waals surface area contributed by atoms with Gasteiger partial charge in [0.05, 0.1) is 4.92 Å². The number of rotatable bonds is 4. The van der Waals surface area contributed by atoms with Gasteiger partial charge in [-0.25, -0.2) is 4.39 Å². The van der Waals surface area contributed by atoms with Crippen LogP contribution in [0.1, 0.15) is 13.8 Å². The molecule has 0 fully saturated rings. The third-order valence-electron chi connectivity index (χ3n) is 2.22. The van der Waals surface area contributed by atoms with E-state index < -0.39 is 22.2 Å². The van der Waals surface area contributed by atoms with Crippen LogP contribution in [0, 0.1) is 15.9 Å². The van der Waals surface area contributed by atoms with Crippen LogP contribution in [0.15, 0.2) is 18.2 Å². The van der Waals surface area contributed by atoms with Crippen molar-refractivity contribution in [3.05, 3.63) is 34.1 Å². The summed E-state index contributed by atoms with van der Waals surface area (Å²) in [6.45, 7) is 2.90. The Balaban J connectivity index is 3.17. The summed E-state index contributed by atoms with van der Waals surface area (Å²) in [6, 6.07) is 2.94. The Morgan fingerprint density at radius 1 is 1.53 bits per heavy atom. The van der Waals surface area contributed by atoms with Gasteiger partial charge in [-0.15, -0.1) is 0 Å². The summed E-state index contributed by atoms with van der Waals surface area (Å²) in [7, 11) is 0. The predicted molar refractivity (Wildman–Crippen MR) is 60.0 cm³/mol. The maximum atomic E-state index is 13.0. The monoisotopic (exact) mass is 241 g/mol. The smallest absolute Gasteiger partial charge is 0.292 e. The number of nitro groups is 1. The topological polar surface area (TPSA) is 98.3 Å². The number of nitrogens with one attached hydrogen (secondary N) is 1. The van der Waals surface area contributed by atoms with Gasteiger partial charge < -0.3 is 11.1 Å². The van der Waals surface area contributed by atoms with Crippen molar-refractivity contribution < 1.29 is 14.1 Å². The lowest BCUT2D eigenvalue weighted by molar-refractivity contribution is -0.384. The highest BCUT2D eigenvalue weighted by Crippen LogP contribution is 2.27. The van der Waals surface area contributed by atoms with E-state index >= 15 is 0 Å². The first-order chi connectivity index (χ1) is 7.74. The van der Waals surface area contributed by atoms with E-state index in [4.69, 9.17) is 5.73 Å². The zero-order chi connectivity index (χ0) is 13.2. The van der Waals surface area contributed by atoms with Crippen molar-refractivity contribution in [2.75, 3.05) is 5.32 Å². The average Bonchev–Trinajstić information content (AvgIpc) is 2.15. The molecule has 0 saturated heterocycles. The van der Waals surface area contributed by atoms with Crippen LogP contribution < -0.4 is 11.1 Å². The van der Waals surface area contributed by atoms with Gasteiger partial charge in [0.2, 0.25) is 5.91 Å². The number of nitrogens with two attached hydrogens (primary N) is 1. The number of hydrogen-bond donors (Lipinski definition) is 2. The SMILES string of the molecule is CC(C)(Nc1cc(F)ccc1[N+](=O)[O-])C(N)=O. The Labute approximate surface area is 96.8 Å². The minimum atomic E-state index is -1.21. The van der Waals surface area contributed by atoms with Gasteiger partial charge in [0.1, 0.15) is 17.0 Å². The average molecular weight is 241 g/mol. The van der Waals surface area contributed by atoms with Crippen LogP contribution in [0.4, 0.5) is 15.8 Å². The van der Waals surface area contributed by atoms with Crippen LogP contribution in [0.2, 0.25) is 0 Å². The molecule has 0 spiro atoms. The first kappa shape index (κ1) is 12.9. The van der Waals surface area contributed by atoms with Crippen molar-refractivity contribution >= 4 is 17.3 Å². The third-order valence-corrected chi connectivity index (χ3v) is 2.22. The molecule has 0 bridgehead atoms. The summed E-state index contributed by atoms with van der Waals surface area (Å²) in [4.78, 5) is 21.1. The normalized spacial score (nSPS) is 11.0. The van der Waals surface area contributed by atoms with Crippen molar-refractivity contribution in [1.29, 1.82) is 0 Å². The number of carbonyl (C=O) groups excluding carboxylic acids is 1. The lowest BCUT2D eigenvalue weighted by Crippen LogP contribution is -2.45. The minimum Gasteiger partial charge on any atom is -0.368 e. The van der Waals surface area contributed by atoms with E-state index in [0.29, 0.717) is 0 Å². The highest BCUT2D eigenvalue weighted by molar-refractivity contribution is 5.87. The Hall–Kier alpha value is -2.18. The van der Waals surface area contributed by atoms with Gasteiger partial charge in [-0.3, -0.25) is 14.9 Å². The first-order valence-electron chi connectivity index (χ1n) is 4.76. The molecule has 0 aliphatic rings. The van der Waals surface area contributed by atoms with E-state index in [-0.39, 0.29) is 11.4 Å². The van der Waals surface area contributed by atoms with E-state index in [1.165, 1.54) is 13.8 Å². The lowest BCUT2D eigenvalue weighted by Gasteiger charge is -2.23. The molecule has 92 valence electrons. The first-order valence-corrected chi connectivity index (χ1v) is 4.76. The van der Waals surface area contributed by atoms with Gasteiger partial charge in [0, 0.05) is 12.1 Å². The fourth-order valence-corrected chi connectivity index (χ4v) is 1.17. The van der Waals surface area contributed by atoms with Crippen LogP contribution in [0.5, 0.6) is 0 Å². The largest absolute Gasteiger partial charge is 0.368 e. The van der Waals surface area contributed by atoms with Gasteiger partial charge in [-0.1, -0.05) is 0 Å². The van der Waals surface area contributed by atoms with E-state index in [0.717, 1.165) is 18.2 Å². The van der Waals surface area contributed by atoms with E-state index in [9.17, 15) is 19.3 Å². The third kappa shape index (κ3) is 2.90. The molecule has 0 atom stereocenters. The highest BCUT2D eigenvalue weighted by atomic mass is 19.1. The van der Waals surface area contributed by atoms with Crippen LogP contribution in [-0.4, -0.2) is 16.4 Å². The number of carbonyl (C=O) groups is 1. The molecule has 0 heterocycles. The van der Waals surface area contributed by atoms with Crippen molar-refractivity contribution in [2.24, 2.45) is 5.73 Å². The maximum Gasteiger partial charge on any atom is 0.292 e. The second-order valence-corrected chi connectivity index (χ2v) is 4.03. The Kier molecular flexibility index (Phi) is 3.31. The molecule has 1 amide bonds. The van der Waals surface area contributed by atoms with E-state index in [2.05, 4.69) is 5.32 Å². The molecule has 0 unspecified atom stereocenters. The van der Waals surface area contributed by atoms with Crippen molar-refractivity contribution in [3.8, 4) is 0 Å². The summed E-state index contributed by atoms with van der Waals surface area (Å²) in [5, 5.41) is 13.3. The molecule has 3 N–H and O–H groups in total. The van der Waals surface area contributed by atoms with E-state index in [1.54, 1.807) is 0 Å². The highest BCUT2D eigenvalue weighted by Gasteiger charge is 2.27. The summed E-state index contributed by atoms with van der Waals surface area (Å²) in [5.41, 5.74) is 3.50. The van der Waals surface area contributed by atoms with Crippen LogP contribution in [-0.2, 0) is 4.79 Å². The summed E-state index contributed by atoms with van der Waals surface area (Å²) >= 11 is 0. The molecular weight excluding hydrogens is 229 g/mol. The number of amides is 1. The molecule has 0 aliphatic carbocycles. The fourth-order valence-electron chi connectivity index (χ4n) is 1.17. The maximum absolute atomic E-state index is 13.0. The molecule has 0 radical (unpaired) electrons. The molecular formula is C10H12FN3O3. The number of benzene rings is 1. The number of primary amides is 1. The number of halogens is 1. The summed E-state index contributed by atoms with van der Waals surface area (Å²) < 4.78 is 13.0. The fraction of sp³-hybridized carbons (Fsp3) is 0.300. The van der Waals surface area contributed by atoms with Gasteiger partial charge >= 0.3 is 0 Å². The van der Waals surface area contributed by atoms with Gasteiger partial charge in [0.25, 0.3) is 5.69 Å². The molecule has 7 heteroatoms. The van der Waals surface area contributed by atoms with Crippen LogP contribution >= 0.6 is 0 Å². The molecule has 1 rings (SSSR count). The predicted octanol–water partition coefficient (Wildman–Crippen LogP) is 1.41. The van der Waals surface area contributed by atoms with Gasteiger partial charge in [-0.2, -0.15) is 0 Å². The summed E-state index contributed by atoms with van der Waals surface area (Å²) in [6.07, 6.45) is 0. The zero-order valence-electron chi connectivity index (χ0n) is 9.36. The molecule has 1 aromatic rings. The molecule has 17 heavy (non-hydrogen) atoms. The summed E-state index contributed by atoms with van der Waals surface area (Å²) in [5.74, 6) is -1.34. The number of nitro benzene ring substituents is 1. The second-order valence-electron chi connectivity index (χ2n) is 4.03. The zero-order valence-corrected chi connectivity index (χ0v) is 9.36. The van der Waals surface area contributed by atoms with Gasteiger partial charge in [0.15, 0.2) is 0 Å². The Morgan fingerprint density at radius 2 is 2.12 bits per heavy atom. The molecule has 6 nitrogen and oxygen atoms in total. The van der Waals surface area contributed by atoms with Crippen LogP contribution in [0.25, 0.3) is 0 Å². The number of nitrogens with zero attached hydrogens (tertiary/aromatic N) is 1. The van der Waals surface area contributed by atoms with Crippen molar-refractivity contribution in [3.63, 3.8) is 0 Å². The lowest BCUT2D eigenvalue weighted by atomic mass is 10.0. The molecule has 0 aromatic heterocycles. The van der Waals surface area contributed by atoms with Crippen LogP contribution in [0.3, 0.4) is 0 Å². The van der Waals surface area contributed by atoms with Gasteiger partial charge in [-0.05, 0) is 19.9 Å². The van der Waals surface area contributed by atoms with Crippen molar-refractivity contribution in [2.45, 2.75) is 19.4 Å². The number of hydrogen-bond acceptors (Lipinski definition) is 4. The number of anilines is 1. The second kappa shape index (κ2) is 4.36. The standard InChI is InChI=1S/C10H12FN3O3/c1-10(2,9(12)15)13-7-5-6(11)3-4-8(7)14(16)17/h3-5,13H,1-2H3,(H2,12,15). The van der Waals surface area contributed by atoms with Crippen molar-refractivity contribution in [1.82, 2.24) is 0 Å². The molecule has 0 aliphatic heterocycles. The Morgan fingerprint density at radius 3 is 2.59 bits per heavy atom. The van der Waals surface area contributed by atoms with E-state index in [1.807, 2.05) is 0 Å². The Bertz CT molecular complexity index is 474. The molecule has 1 aromatic carbocycles. The molecule has 0 saturated carbocycles. The minimum absolute atomic E-state index is 0.0844. The quantitative estimate of drug-likeness (QED) is 0.615.